The van der Waals surface area contributed by atoms with Crippen molar-refractivity contribution in [1.29, 1.82) is 0 Å². The number of nitrogen functional groups attached to an aromatic ring is 1. The van der Waals surface area contributed by atoms with E-state index < -0.39 is 48.9 Å². The minimum absolute atomic E-state index is 0.0267. The summed E-state index contributed by atoms with van der Waals surface area (Å²) < 4.78 is 61.3. The number of fused-ring (bicyclic) bond motifs is 2. The zero-order valence-electron chi connectivity index (χ0n) is 18.8. The Labute approximate surface area is 206 Å². The van der Waals surface area contributed by atoms with Crippen LogP contribution in [0.15, 0.2) is 58.3 Å². The van der Waals surface area contributed by atoms with Crippen molar-refractivity contribution in [1.82, 2.24) is 4.72 Å². The lowest BCUT2D eigenvalue weighted by Crippen LogP contribution is -2.27. The number of benzene rings is 3. The quantitative estimate of drug-likeness (QED) is 0.173. The van der Waals surface area contributed by atoms with Gasteiger partial charge in [-0.25, -0.2) is 13.1 Å². The first-order valence-electron chi connectivity index (χ1n) is 10.5. The van der Waals surface area contributed by atoms with Gasteiger partial charge in [0.2, 0.25) is 10.0 Å². The van der Waals surface area contributed by atoms with E-state index in [1.54, 1.807) is 13.0 Å². The standard InChI is InChI=1S/C23H21N3O8S2/c1-12-6-7-13(10-17(12)35(30,31)25-8-9-27)26-16-11-18(36(32,33)34)21(24)20-19(16)22(28)14-4-2-3-5-15(14)23(20)29/h2-7,10-11,25-27H,8-9,24H2,1H3,(H,32,33,34). The summed E-state index contributed by atoms with van der Waals surface area (Å²) in [5, 5.41) is 11.8. The van der Waals surface area contributed by atoms with Gasteiger partial charge in [0.15, 0.2) is 11.6 Å². The van der Waals surface area contributed by atoms with Crippen LogP contribution >= 0.6 is 0 Å². The fourth-order valence-electron chi connectivity index (χ4n) is 3.99. The number of nitrogens with one attached hydrogen (secondary N) is 2. The maximum atomic E-state index is 13.4. The van der Waals surface area contributed by atoms with E-state index in [2.05, 4.69) is 10.0 Å². The van der Waals surface area contributed by atoms with Crippen molar-refractivity contribution in [3.05, 3.63) is 76.3 Å². The molecule has 0 heterocycles. The summed E-state index contributed by atoms with van der Waals surface area (Å²) in [5.74, 6) is -1.31. The van der Waals surface area contributed by atoms with E-state index in [0.717, 1.165) is 6.07 Å². The average Bonchev–Trinajstić information content (AvgIpc) is 2.82. The van der Waals surface area contributed by atoms with Crippen molar-refractivity contribution in [2.24, 2.45) is 0 Å². The van der Waals surface area contributed by atoms with Gasteiger partial charge in [-0.2, -0.15) is 8.42 Å². The fourth-order valence-corrected chi connectivity index (χ4v) is 5.92. The molecule has 0 aliphatic heterocycles. The summed E-state index contributed by atoms with van der Waals surface area (Å²) in [4.78, 5) is 25.7. The van der Waals surface area contributed by atoms with Crippen LogP contribution in [0.5, 0.6) is 0 Å². The molecule has 0 aromatic heterocycles. The van der Waals surface area contributed by atoms with Crippen molar-refractivity contribution in [3.8, 4) is 0 Å². The van der Waals surface area contributed by atoms with Crippen LogP contribution in [-0.4, -0.2) is 51.2 Å². The number of carbonyl (C=O) groups excluding carboxylic acids is 2. The van der Waals surface area contributed by atoms with E-state index in [4.69, 9.17) is 10.8 Å². The third-order valence-corrected chi connectivity index (χ3v) is 8.14. The third kappa shape index (κ3) is 4.38. The largest absolute Gasteiger partial charge is 0.397 e. The molecule has 0 amide bonds. The first-order chi connectivity index (χ1) is 16.9. The lowest BCUT2D eigenvalue weighted by atomic mass is 9.82. The minimum Gasteiger partial charge on any atom is -0.397 e. The first kappa shape index (κ1) is 25.5. The van der Waals surface area contributed by atoms with E-state index in [9.17, 15) is 31.0 Å². The molecule has 0 spiro atoms. The number of rotatable bonds is 7. The van der Waals surface area contributed by atoms with Crippen LogP contribution in [0.1, 0.15) is 37.4 Å². The molecule has 4 rings (SSSR count). The van der Waals surface area contributed by atoms with E-state index in [1.807, 2.05) is 0 Å². The van der Waals surface area contributed by atoms with Crippen LogP contribution in [0.4, 0.5) is 17.1 Å². The molecule has 0 bridgehead atoms. The predicted octanol–water partition coefficient (Wildman–Crippen LogP) is 1.61. The summed E-state index contributed by atoms with van der Waals surface area (Å²) >= 11 is 0. The van der Waals surface area contributed by atoms with Crippen LogP contribution < -0.4 is 15.8 Å². The molecule has 0 unspecified atom stereocenters. The van der Waals surface area contributed by atoms with Gasteiger partial charge in [0.1, 0.15) is 4.90 Å². The van der Waals surface area contributed by atoms with Crippen LogP contribution in [-0.2, 0) is 20.1 Å². The van der Waals surface area contributed by atoms with E-state index in [1.165, 1.54) is 36.4 Å². The van der Waals surface area contributed by atoms with Gasteiger partial charge in [0.05, 0.1) is 34.0 Å². The Balaban J connectivity index is 1.93. The number of ketones is 2. The molecule has 0 radical (unpaired) electrons. The van der Waals surface area contributed by atoms with Gasteiger partial charge in [-0.1, -0.05) is 30.3 Å². The van der Waals surface area contributed by atoms with Crippen LogP contribution in [0.2, 0.25) is 0 Å². The summed E-state index contributed by atoms with van der Waals surface area (Å²) in [5.41, 5.74) is 5.23. The van der Waals surface area contributed by atoms with Crippen molar-refractivity contribution < 1.29 is 36.1 Å². The number of anilines is 3. The Hall–Kier alpha value is -3.62. The van der Waals surface area contributed by atoms with Crippen LogP contribution in [0.3, 0.4) is 0 Å². The first-order valence-corrected chi connectivity index (χ1v) is 13.4. The zero-order valence-corrected chi connectivity index (χ0v) is 20.4. The highest BCUT2D eigenvalue weighted by molar-refractivity contribution is 7.89. The molecular weight excluding hydrogens is 510 g/mol. The minimum atomic E-state index is -4.91. The van der Waals surface area contributed by atoms with Gasteiger partial charge < -0.3 is 16.2 Å². The second-order valence-corrected chi connectivity index (χ2v) is 11.1. The summed E-state index contributed by atoms with van der Waals surface area (Å²) in [6.45, 7) is 0.931. The Morgan fingerprint density at radius 3 is 2.08 bits per heavy atom. The monoisotopic (exact) mass is 531 g/mol. The molecule has 3 aromatic rings. The zero-order chi connectivity index (χ0) is 26.4. The van der Waals surface area contributed by atoms with Crippen LogP contribution in [0.25, 0.3) is 0 Å². The van der Waals surface area contributed by atoms with E-state index in [-0.39, 0.29) is 45.1 Å². The van der Waals surface area contributed by atoms with Gasteiger partial charge in [-0.3, -0.25) is 14.1 Å². The Kier molecular flexibility index (Phi) is 6.45. The number of nitrogens with two attached hydrogens (primary N) is 1. The van der Waals surface area contributed by atoms with Crippen molar-refractivity contribution >= 4 is 48.8 Å². The summed E-state index contributed by atoms with van der Waals surface area (Å²) in [7, 11) is -8.92. The lowest BCUT2D eigenvalue weighted by Gasteiger charge is -2.24. The second kappa shape index (κ2) is 9.11. The second-order valence-electron chi connectivity index (χ2n) is 7.99. The molecule has 0 saturated heterocycles. The maximum Gasteiger partial charge on any atom is 0.296 e. The smallest absolute Gasteiger partial charge is 0.296 e. The molecule has 3 aromatic carbocycles. The molecule has 36 heavy (non-hydrogen) atoms. The summed E-state index contributed by atoms with van der Waals surface area (Å²) in [6.07, 6.45) is 0. The van der Waals surface area contributed by atoms with Crippen molar-refractivity contribution in [2.45, 2.75) is 16.7 Å². The third-order valence-electron chi connectivity index (χ3n) is 5.64. The summed E-state index contributed by atoms with van der Waals surface area (Å²) in [6, 6.07) is 11.1. The Morgan fingerprint density at radius 1 is 0.889 bits per heavy atom. The molecule has 6 N–H and O–H groups in total. The highest BCUT2D eigenvalue weighted by Crippen LogP contribution is 2.40. The molecule has 188 valence electrons. The average molecular weight is 532 g/mol. The molecule has 11 nitrogen and oxygen atoms in total. The van der Waals surface area contributed by atoms with Gasteiger partial charge in [0, 0.05) is 23.4 Å². The molecule has 0 atom stereocenters. The van der Waals surface area contributed by atoms with Gasteiger partial charge in [-0.05, 0) is 30.7 Å². The number of hydrogen-bond donors (Lipinski definition) is 5. The number of aliphatic hydroxyl groups is 1. The van der Waals surface area contributed by atoms with E-state index >= 15 is 0 Å². The number of sulfonamides is 1. The fraction of sp³-hybridized carbons (Fsp3) is 0.130. The maximum absolute atomic E-state index is 13.4. The van der Waals surface area contributed by atoms with Crippen LogP contribution in [0, 0.1) is 6.92 Å². The molecule has 1 aliphatic rings. The topological polar surface area (TPSA) is 193 Å². The highest BCUT2D eigenvalue weighted by Gasteiger charge is 2.36. The molecule has 13 heteroatoms. The number of aryl methyl sites for hydroxylation is 1. The number of hydrogen-bond acceptors (Lipinski definition) is 9. The number of aliphatic hydroxyl groups excluding tert-OH is 1. The normalized spacial score (nSPS) is 13.3. The lowest BCUT2D eigenvalue weighted by molar-refractivity contribution is 0.0980. The number of carbonyl (C=O) groups is 2. The Morgan fingerprint density at radius 2 is 1.50 bits per heavy atom. The van der Waals surface area contributed by atoms with E-state index in [0.29, 0.717) is 5.56 Å². The molecule has 0 fully saturated rings. The van der Waals surface area contributed by atoms with Crippen molar-refractivity contribution in [3.63, 3.8) is 0 Å². The van der Waals surface area contributed by atoms with Crippen molar-refractivity contribution in [2.75, 3.05) is 24.2 Å². The van der Waals surface area contributed by atoms with Gasteiger partial charge in [-0.15, -0.1) is 0 Å². The highest BCUT2D eigenvalue weighted by atomic mass is 32.2. The Bertz CT molecular complexity index is 1650. The molecule has 0 saturated carbocycles. The van der Waals surface area contributed by atoms with Gasteiger partial charge >= 0.3 is 0 Å². The predicted molar refractivity (Wildman–Crippen MR) is 131 cm³/mol. The van der Waals surface area contributed by atoms with Gasteiger partial charge in [0.25, 0.3) is 10.1 Å². The molecule has 1 aliphatic carbocycles. The molecular formula is C23H21N3O8S2. The SMILES string of the molecule is Cc1ccc(Nc2cc(S(=O)(=O)O)c(N)c3c2C(=O)c2ccccc2C3=O)cc1S(=O)(=O)NCCO.